The van der Waals surface area contributed by atoms with Gasteiger partial charge in [-0.05, 0) is 41.7 Å². The molecule has 1 unspecified atom stereocenters. The van der Waals surface area contributed by atoms with Crippen LogP contribution in [0.1, 0.15) is 24.8 Å². The monoisotopic (exact) mass is 266 g/mol. The minimum absolute atomic E-state index is 0.132. The quantitative estimate of drug-likeness (QED) is 0.895. The summed E-state index contributed by atoms with van der Waals surface area (Å²) in [6.07, 6.45) is 2.98. The van der Waals surface area contributed by atoms with Gasteiger partial charge in [-0.3, -0.25) is 9.59 Å². The number of carbonyl (C=O) groups excluding carboxylic acids is 2. The number of amides is 2. The van der Waals surface area contributed by atoms with Crippen molar-refractivity contribution in [2.75, 3.05) is 13.1 Å². The first-order valence-corrected chi connectivity index (χ1v) is 7.19. The molecular formula is C13H18N2O2S. The fourth-order valence-corrected chi connectivity index (χ4v) is 2.98. The average molecular weight is 266 g/mol. The maximum atomic E-state index is 12.0. The fourth-order valence-electron chi connectivity index (χ4n) is 2.28. The summed E-state index contributed by atoms with van der Waals surface area (Å²) >= 11 is 1.65. The molecule has 2 N–H and O–H groups in total. The number of thiophene rings is 1. The van der Waals surface area contributed by atoms with Crippen molar-refractivity contribution in [3.8, 4) is 0 Å². The molecule has 4 nitrogen and oxygen atoms in total. The minimum atomic E-state index is -0.287. The molecule has 1 aromatic rings. The Morgan fingerprint density at radius 1 is 1.50 bits per heavy atom. The number of nitrogens with two attached hydrogens (primary N) is 1. The Bertz CT molecular complexity index is 417. The number of hydrogen-bond donors (Lipinski definition) is 1. The predicted octanol–water partition coefficient (Wildman–Crippen LogP) is 1.40. The molecule has 2 amide bonds. The Morgan fingerprint density at radius 3 is 3.00 bits per heavy atom. The number of nitrogens with zero attached hydrogens (tertiary/aromatic N) is 1. The van der Waals surface area contributed by atoms with Crippen LogP contribution in [0, 0.1) is 5.92 Å². The van der Waals surface area contributed by atoms with Crippen LogP contribution in [0.15, 0.2) is 16.8 Å². The Balaban J connectivity index is 1.83. The van der Waals surface area contributed by atoms with Crippen LogP contribution in [0.5, 0.6) is 0 Å². The van der Waals surface area contributed by atoms with Crippen LogP contribution in [-0.2, 0) is 16.0 Å². The SMILES string of the molecule is NC(=O)C1CCCN(C(=O)CCc2ccsc2)C1. The highest BCUT2D eigenvalue weighted by Crippen LogP contribution is 2.17. The molecule has 2 heterocycles. The largest absolute Gasteiger partial charge is 0.369 e. The van der Waals surface area contributed by atoms with Crippen molar-refractivity contribution < 1.29 is 9.59 Å². The highest BCUT2D eigenvalue weighted by molar-refractivity contribution is 7.07. The highest BCUT2D eigenvalue weighted by Gasteiger charge is 2.26. The van der Waals surface area contributed by atoms with E-state index < -0.39 is 0 Å². The van der Waals surface area contributed by atoms with Gasteiger partial charge < -0.3 is 10.6 Å². The Labute approximate surface area is 111 Å². The molecule has 1 aliphatic rings. The van der Waals surface area contributed by atoms with E-state index >= 15 is 0 Å². The third-order valence-corrected chi connectivity index (χ3v) is 4.12. The number of piperidine rings is 1. The Hall–Kier alpha value is -1.36. The lowest BCUT2D eigenvalue weighted by atomic mass is 9.97. The van der Waals surface area contributed by atoms with Crippen molar-refractivity contribution in [2.45, 2.75) is 25.7 Å². The van der Waals surface area contributed by atoms with Gasteiger partial charge in [0.1, 0.15) is 0 Å². The van der Waals surface area contributed by atoms with E-state index in [0.29, 0.717) is 13.0 Å². The van der Waals surface area contributed by atoms with Gasteiger partial charge in [-0.15, -0.1) is 0 Å². The lowest BCUT2D eigenvalue weighted by molar-refractivity contribution is -0.134. The molecule has 5 heteroatoms. The summed E-state index contributed by atoms with van der Waals surface area (Å²) in [6.45, 7) is 1.25. The van der Waals surface area contributed by atoms with Crippen LogP contribution in [0.25, 0.3) is 0 Å². The molecule has 1 fully saturated rings. The first-order chi connectivity index (χ1) is 8.66. The summed E-state index contributed by atoms with van der Waals surface area (Å²) in [4.78, 5) is 25.0. The van der Waals surface area contributed by atoms with Crippen LogP contribution in [0.4, 0.5) is 0 Å². The van der Waals surface area contributed by atoms with Gasteiger partial charge in [-0.25, -0.2) is 0 Å². The lowest BCUT2D eigenvalue weighted by Gasteiger charge is -2.31. The summed E-state index contributed by atoms with van der Waals surface area (Å²) in [5.41, 5.74) is 6.51. The van der Waals surface area contributed by atoms with Gasteiger partial charge in [-0.2, -0.15) is 11.3 Å². The van der Waals surface area contributed by atoms with E-state index in [1.165, 1.54) is 5.56 Å². The van der Waals surface area contributed by atoms with E-state index in [1.807, 2.05) is 11.4 Å². The summed E-state index contributed by atoms with van der Waals surface area (Å²) < 4.78 is 0. The summed E-state index contributed by atoms with van der Waals surface area (Å²) in [5, 5.41) is 4.08. The molecule has 0 radical (unpaired) electrons. The van der Waals surface area contributed by atoms with Crippen molar-refractivity contribution in [3.05, 3.63) is 22.4 Å². The molecule has 0 saturated carbocycles. The van der Waals surface area contributed by atoms with Crippen molar-refractivity contribution in [1.29, 1.82) is 0 Å². The first kappa shape index (κ1) is 13.1. The Kier molecular flexibility index (Phi) is 4.36. The zero-order valence-electron chi connectivity index (χ0n) is 10.3. The van der Waals surface area contributed by atoms with Crippen LogP contribution < -0.4 is 5.73 Å². The van der Waals surface area contributed by atoms with E-state index in [1.54, 1.807) is 16.2 Å². The molecule has 1 aliphatic heterocycles. The van der Waals surface area contributed by atoms with Crippen LogP contribution >= 0.6 is 11.3 Å². The number of carbonyl (C=O) groups is 2. The molecule has 2 rings (SSSR count). The van der Waals surface area contributed by atoms with Gasteiger partial charge in [0.15, 0.2) is 0 Å². The van der Waals surface area contributed by atoms with Gasteiger partial charge in [-0.1, -0.05) is 0 Å². The molecule has 1 atom stereocenters. The number of primary amides is 1. The summed E-state index contributed by atoms with van der Waals surface area (Å²) in [5.74, 6) is -0.318. The molecule has 0 aromatic carbocycles. The fraction of sp³-hybridized carbons (Fsp3) is 0.538. The van der Waals surface area contributed by atoms with E-state index in [-0.39, 0.29) is 17.7 Å². The molecule has 1 saturated heterocycles. The standard InChI is InChI=1S/C13H18N2O2S/c14-13(17)11-2-1-6-15(8-11)12(16)4-3-10-5-7-18-9-10/h5,7,9,11H,1-4,6,8H2,(H2,14,17). The van der Waals surface area contributed by atoms with E-state index in [2.05, 4.69) is 5.38 Å². The second-order valence-electron chi connectivity index (χ2n) is 4.71. The first-order valence-electron chi connectivity index (χ1n) is 6.25. The molecular weight excluding hydrogens is 248 g/mol. The number of hydrogen-bond acceptors (Lipinski definition) is 3. The van der Waals surface area contributed by atoms with Gasteiger partial charge in [0.2, 0.25) is 11.8 Å². The van der Waals surface area contributed by atoms with Gasteiger partial charge >= 0.3 is 0 Å². The zero-order chi connectivity index (χ0) is 13.0. The lowest BCUT2D eigenvalue weighted by Crippen LogP contribution is -2.44. The maximum absolute atomic E-state index is 12.0. The molecule has 0 spiro atoms. The predicted molar refractivity (Wildman–Crippen MR) is 71.1 cm³/mol. The van der Waals surface area contributed by atoms with Gasteiger partial charge in [0.05, 0.1) is 5.92 Å². The zero-order valence-corrected chi connectivity index (χ0v) is 11.1. The molecule has 0 bridgehead atoms. The van der Waals surface area contributed by atoms with Crippen molar-refractivity contribution in [3.63, 3.8) is 0 Å². The number of aryl methyl sites for hydroxylation is 1. The summed E-state index contributed by atoms with van der Waals surface area (Å²) in [6, 6.07) is 2.04. The summed E-state index contributed by atoms with van der Waals surface area (Å²) in [7, 11) is 0. The van der Waals surface area contributed by atoms with Crippen LogP contribution in [0.3, 0.4) is 0 Å². The van der Waals surface area contributed by atoms with Crippen LogP contribution in [-0.4, -0.2) is 29.8 Å². The normalized spacial score (nSPS) is 19.8. The van der Waals surface area contributed by atoms with E-state index in [0.717, 1.165) is 25.8 Å². The van der Waals surface area contributed by atoms with E-state index in [4.69, 9.17) is 5.73 Å². The van der Waals surface area contributed by atoms with Crippen molar-refractivity contribution >= 4 is 23.2 Å². The van der Waals surface area contributed by atoms with Crippen LogP contribution in [0.2, 0.25) is 0 Å². The maximum Gasteiger partial charge on any atom is 0.222 e. The molecule has 98 valence electrons. The van der Waals surface area contributed by atoms with Crippen molar-refractivity contribution in [1.82, 2.24) is 4.90 Å². The third-order valence-electron chi connectivity index (χ3n) is 3.38. The number of rotatable bonds is 4. The topological polar surface area (TPSA) is 63.4 Å². The second-order valence-corrected chi connectivity index (χ2v) is 5.49. The Morgan fingerprint density at radius 2 is 2.33 bits per heavy atom. The molecule has 1 aromatic heterocycles. The van der Waals surface area contributed by atoms with Crippen molar-refractivity contribution in [2.24, 2.45) is 11.7 Å². The molecule has 0 aliphatic carbocycles. The van der Waals surface area contributed by atoms with Gasteiger partial charge in [0.25, 0.3) is 0 Å². The van der Waals surface area contributed by atoms with E-state index in [9.17, 15) is 9.59 Å². The number of likely N-dealkylation sites (tertiary alicyclic amines) is 1. The molecule has 18 heavy (non-hydrogen) atoms. The van der Waals surface area contributed by atoms with Gasteiger partial charge in [0, 0.05) is 19.5 Å². The smallest absolute Gasteiger partial charge is 0.222 e. The average Bonchev–Trinajstić information content (AvgIpc) is 2.89. The minimum Gasteiger partial charge on any atom is -0.369 e. The third kappa shape index (κ3) is 3.32. The highest BCUT2D eigenvalue weighted by atomic mass is 32.1. The second kappa shape index (κ2) is 6.00.